The number of aromatic nitrogens is 4. The molecule has 2 aromatic heterocycles. The SMILES string of the molecule is COc1ccc(Cn2cc(C3=C(Br)n4nccc4C(OC)N3)cn2)cc1. The van der Waals surface area contributed by atoms with Crippen molar-refractivity contribution in [3.63, 3.8) is 0 Å². The molecule has 0 saturated heterocycles. The molecule has 4 rings (SSSR count). The first-order valence-corrected chi connectivity index (χ1v) is 8.88. The van der Waals surface area contributed by atoms with Gasteiger partial charge >= 0.3 is 0 Å². The van der Waals surface area contributed by atoms with Gasteiger partial charge in [-0.1, -0.05) is 12.1 Å². The number of halogens is 1. The molecule has 0 amide bonds. The maximum Gasteiger partial charge on any atom is 0.170 e. The standard InChI is InChI=1S/C18H18BrN5O2/c1-25-14-5-3-12(4-6-14)10-23-11-13(9-21-23)16-17(19)24-15(7-8-20-24)18(22-16)26-2/h3-9,11,18,22H,10H2,1-2H3. The smallest absolute Gasteiger partial charge is 0.170 e. The molecule has 1 N–H and O–H groups in total. The summed E-state index contributed by atoms with van der Waals surface area (Å²) in [5.41, 5.74) is 3.92. The van der Waals surface area contributed by atoms with E-state index in [0.717, 1.165) is 32.9 Å². The maximum absolute atomic E-state index is 5.53. The molecular weight excluding hydrogens is 398 g/mol. The summed E-state index contributed by atoms with van der Waals surface area (Å²) in [5.74, 6) is 0.844. The minimum Gasteiger partial charge on any atom is -0.497 e. The summed E-state index contributed by atoms with van der Waals surface area (Å²) < 4.78 is 15.3. The topological polar surface area (TPSA) is 66.1 Å². The Morgan fingerprint density at radius 2 is 1.96 bits per heavy atom. The van der Waals surface area contributed by atoms with Crippen molar-refractivity contribution in [1.82, 2.24) is 24.9 Å². The molecule has 1 unspecified atom stereocenters. The predicted octanol–water partition coefficient (Wildman–Crippen LogP) is 3.06. The fourth-order valence-electron chi connectivity index (χ4n) is 2.93. The van der Waals surface area contributed by atoms with Crippen LogP contribution in [0.15, 0.2) is 48.9 Å². The van der Waals surface area contributed by atoms with Crippen LogP contribution in [-0.2, 0) is 11.3 Å². The third kappa shape index (κ3) is 3.02. The monoisotopic (exact) mass is 415 g/mol. The number of methoxy groups -OCH3 is 2. The van der Waals surface area contributed by atoms with Crippen molar-refractivity contribution in [2.45, 2.75) is 12.8 Å². The Labute approximate surface area is 159 Å². The van der Waals surface area contributed by atoms with Gasteiger partial charge in [-0.2, -0.15) is 10.2 Å². The Morgan fingerprint density at radius 3 is 2.69 bits per heavy atom. The molecule has 0 saturated carbocycles. The minimum absolute atomic E-state index is 0.265. The van der Waals surface area contributed by atoms with Gasteiger partial charge in [-0.05, 0) is 39.7 Å². The Kier molecular flexibility index (Phi) is 4.52. The van der Waals surface area contributed by atoms with Crippen molar-refractivity contribution < 1.29 is 9.47 Å². The third-order valence-corrected chi connectivity index (χ3v) is 5.00. The molecule has 0 aliphatic carbocycles. The lowest BCUT2D eigenvalue weighted by atomic mass is 10.2. The van der Waals surface area contributed by atoms with Crippen LogP contribution >= 0.6 is 15.9 Å². The van der Waals surface area contributed by atoms with Gasteiger partial charge < -0.3 is 14.8 Å². The van der Waals surface area contributed by atoms with E-state index in [-0.39, 0.29) is 6.23 Å². The molecular formula is C18H18BrN5O2. The highest BCUT2D eigenvalue weighted by Crippen LogP contribution is 2.33. The summed E-state index contributed by atoms with van der Waals surface area (Å²) in [6.45, 7) is 0.676. The van der Waals surface area contributed by atoms with Gasteiger partial charge in [0.2, 0.25) is 0 Å². The summed E-state index contributed by atoms with van der Waals surface area (Å²) in [7, 11) is 3.33. The number of hydrogen-bond donors (Lipinski definition) is 1. The first-order valence-electron chi connectivity index (χ1n) is 8.08. The van der Waals surface area contributed by atoms with Crippen molar-refractivity contribution >= 4 is 26.2 Å². The molecule has 1 aliphatic heterocycles. The van der Waals surface area contributed by atoms with Gasteiger partial charge in [-0.25, -0.2) is 4.68 Å². The van der Waals surface area contributed by atoms with Crippen molar-refractivity contribution in [2.24, 2.45) is 0 Å². The molecule has 1 aromatic carbocycles. The first kappa shape index (κ1) is 16.9. The van der Waals surface area contributed by atoms with Crippen LogP contribution in [0.5, 0.6) is 5.75 Å². The fourth-order valence-corrected chi connectivity index (χ4v) is 3.57. The van der Waals surface area contributed by atoms with Crippen LogP contribution in [0, 0.1) is 0 Å². The van der Waals surface area contributed by atoms with Gasteiger partial charge in [0.1, 0.15) is 10.4 Å². The van der Waals surface area contributed by atoms with E-state index in [1.54, 1.807) is 20.4 Å². The Bertz CT molecular complexity index is 945. The van der Waals surface area contributed by atoms with Crippen LogP contribution < -0.4 is 10.1 Å². The zero-order chi connectivity index (χ0) is 18.1. The average molecular weight is 416 g/mol. The normalized spacial score (nSPS) is 16.3. The Morgan fingerprint density at radius 1 is 1.15 bits per heavy atom. The zero-order valence-corrected chi connectivity index (χ0v) is 16.0. The second-order valence-corrected chi connectivity index (χ2v) is 6.62. The Hall–Kier alpha value is -2.58. The number of nitrogens with one attached hydrogen (secondary N) is 1. The van der Waals surface area contributed by atoms with E-state index in [9.17, 15) is 0 Å². The van der Waals surface area contributed by atoms with Gasteiger partial charge in [-0.3, -0.25) is 4.68 Å². The second-order valence-electron chi connectivity index (χ2n) is 5.87. The highest BCUT2D eigenvalue weighted by Gasteiger charge is 2.27. The van der Waals surface area contributed by atoms with Crippen LogP contribution in [0.4, 0.5) is 0 Å². The molecule has 1 atom stereocenters. The van der Waals surface area contributed by atoms with Gasteiger partial charge in [0, 0.05) is 25.1 Å². The zero-order valence-electron chi connectivity index (χ0n) is 14.4. The van der Waals surface area contributed by atoms with Gasteiger partial charge in [-0.15, -0.1) is 0 Å². The van der Waals surface area contributed by atoms with E-state index >= 15 is 0 Å². The van der Waals surface area contributed by atoms with E-state index in [1.165, 1.54) is 0 Å². The van der Waals surface area contributed by atoms with Crippen molar-refractivity contribution in [3.05, 3.63) is 65.7 Å². The molecule has 3 aromatic rings. The second kappa shape index (κ2) is 6.97. The maximum atomic E-state index is 5.53. The molecule has 3 heterocycles. The molecule has 8 heteroatoms. The predicted molar refractivity (Wildman–Crippen MR) is 101 cm³/mol. The average Bonchev–Trinajstić information content (AvgIpc) is 3.33. The number of ether oxygens (including phenoxy) is 2. The highest BCUT2D eigenvalue weighted by atomic mass is 79.9. The number of fused-ring (bicyclic) bond motifs is 1. The summed E-state index contributed by atoms with van der Waals surface area (Å²) in [5, 5.41) is 12.2. The van der Waals surface area contributed by atoms with Crippen LogP contribution in [0.3, 0.4) is 0 Å². The number of nitrogens with zero attached hydrogens (tertiary/aromatic N) is 4. The molecule has 7 nitrogen and oxygen atoms in total. The summed E-state index contributed by atoms with van der Waals surface area (Å²) in [6.07, 6.45) is 5.31. The van der Waals surface area contributed by atoms with Crippen molar-refractivity contribution in [3.8, 4) is 5.75 Å². The fraction of sp³-hybridized carbons (Fsp3) is 0.222. The van der Waals surface area contributed by atoms with Crippen molar-refractivity contribution in [2.75, 3.05) is 14.2 Å². The van der Waals surface area contributed by atoms with E-state index < -0.39 is 0 Å². The molecule has 1 aliphatic rings. The molecule has 0 bridgehead atoms. The lowest BCUT2D eigenvalue weighted by Crippen LogP contribution is -2.29. The largest absolute Gasteiger partial charge is 0.497 e. The molecule has 134 valence electrons. The number of rotatable bonds is 5. The van der Waals surface area contributed by atoms with Crippen LogP contribution in [0.1, 0.15) is 23.0 Å². The van der Waals surface area contributed by atoms with E-state index in [1.807, 2.05) is 52.1 Å². The third-order valence-electron chi connectivity index (χ3n) is 4.27. The quantitative estimate of drug-likeness (QED) is 0.693. The number of hydrogen-bond acceptors (Lipinski definition) is 5. The van der Waals surface area contributed by atoms with Crippen LogP contribution in [0.25, 0.3) is 10.3 Å². The van der Waals surface area contributed by atoms with Crippen LogP contribution in [0.2, 0.25) is 0 Å². The first-order chi connectivity index (χ1) is 12.7. The number of benzene rings is 1. The lowest BCUT2D eigenvalue weighted by Gasteiger charge is -2.26. The van der Waals surface area contributed by atoms with Gasteiger partial charge in [0.15, 0.2) is 6.23 Å². The minimum atomic E-state index is -0.265. The molecule has 0 radical (unpaired) electrons. The van der Waals surface area contributed by atoms with Crippen LogP contribution in [-0.4, -0.2) is 33.8 Å². The molecule has 0 fully saturated rings. The molecule has 26 heavy (non-hydrogen) atoms. The summed E-state index contributed by atoms with van der Waals surface area (Å²) >= 11 is 3.63. The van der Waals surface area contributed by atoms with Gasteiger partial charge in [0.05, 0.1) is 31.2 Å². The summed E-state index contributed by atoms with van der Waals surface area (Å²) in [6, 6.07) is 9.89. The Balaban J connectivity index is 1.60. The molecule has 0 spiro atoms. The van der Waals surface area contributed by atoms with E-state index in [4.69, 9.17) is 9.47 Å². The van der Waals surface area contributed by atoms with E-state index in [2.05, 4.69) is 31.4 Å². The van der Waals surface area contributed by atoms with E-state index in [0.29, 0.717) is 6.54 Å². The van der Waals surface area contributed by atoms with Gasteiger partial charge in [0.25, 0.3) is 0 Å². The lowest BCUT2D eigenvalue weighted by molar-refractivity contribution is 0.0813. The summed E-state index contributed by atoms with van der Waals surface area (Å²) in [4.78, 5) is 0. The van der Waals surface area contributed by atoms with Crippen molar-refractivity contribution in [1.29, 1.82) is 0 Å². The highest BCUT2D eigenvalue weighted by molar-refractivity contribution is 9.15.